The van der Waals surface area contributed by atoms with E-state index in [1.54, 1.807) is 30.2 Å². The molecule has 0 fully saturated rings. The summed E-state index contributed by atoms with van der Waals surface area (Å²) in [6.07, 6.45) is 1.99. The summed E-state index contributed by atoms with van der Waals surface area (Å²) < 4.78 is 5.14. The van der Waals surface area contributed by atoms with Gasteiger partial charge in [-0.3, -0.25) is 4.79 Å². The van der Waals surface area contributed by atoms with Gasteiger partial charge in [-0.05, 0) is 40.8 Å². The molecule has 0 aliphatic carbocycles. The Bertz CT molecular complexity index is 569. The van der Waals surface area contributed by atoms with Crippen LogP contribution in [0.5, 0.6) is 0 Å². The topological polar surface area (TPSA) is 29.5 Å². The largest absolute Gasteiger partial charge is 0.383 e. The second-order valence-electron chi connectivity index (χ2n) is 4.55. The number of ether oxygens (including phenoxy) is 1. The number of nitrogens with zero attached hydrogens (tertiary/aromatic N) is 1. The summed E-state index contributed by atoms with van der Waals surface area (Å²) in [6.45, 7) is 1.75. The molecule has 0 radical (unpaired) electrons. The fourth-order valence-corrected chi connectivity index (χ4v) is 3.30. The van der Waals surface area contributed by atoms with Crippen LogP contribution in [0.15, 0.2) is 46.0 Å². The van der Waals surface area contributed by atoms with Crippen molar-refractivity contribution in [2.24, 2.45) is 0 Å². The molecular formula is C16H19NO2S2. The van der Waals surface area contributed by atoms with E-state index in [4.69, 9.17) is 4.74 Å². The van der Waals surface area contributed by atoms with Crippen molar-refractivity contribution in [2.45, 2.75) is 11.4 Å². The minimum absolute atomic E-state index is 0.0585. The number of methoxy groups -OCH3 is 1. The quantitative estimate of drug-likeness (QED) is 0.727. The first kappa shape index (κ1) is 16.1. The predicted octanol–water partition coefficient (Wildman–Crippen LogP) is 3.76. The van der Waals surface area contributed by atoms with Gasteiger partial charge in [-0.25, -0.2) is 0 Å². The SMILES string of the molecule is COCCN(Cc1ccsc1)C(=O)c1ccccc1SC. The predicted molar refractivity (Wildman–Crippen MR) is 89.2 cm³/mol. The highest BCUT2D eigenvalue weighted by molar-refractivity contribution is 7.98. The van der Waals surface area contributed by atoms with Gasteiger partial charge in [-0.2, -0.15) is 11.3 Å². The second kappa shape index (κ2) is 8.22. The normalized spacial score (nSPS) is 10.6. The summed E-state index contributed by atoms with van der Waals surface area (Å²) in [5.41, 5.74) is 1.92. The molecule has 0 atom stereocenters. The number of thiophene rings is 1. The third-order valence-electron chi connectivity index (χ3n) is 3.14. The number of hydrogen-bond donors (Lipinski definition) is 0. The van der Waals surface area contributed by atoms with E-state index in [-0.39, 0.29) is 5.91 Å². The molecular weight excluding hydrogens is 302 g/mol. The number of rotatable bonds is 7. The van der Waals surface area contributed by atoms with Gasteiger partial charge < -0.3 is 9.64 Å². The summed E-state index contributed by atoms with van der Waals surface area (Å²) in [7, 11) is 1.66. The van der Waals surface area contributed by atoms with Crippen LogP contribution in [-0.2, 0) is 11.3 Å². The van der Waals surface area contributed by atoms with Crippen molar-refractivity contribution in [3.63, 3.8) is 0 Å². The number of hydrogen-bond acceptors (Lipinski definition) is 4. The van der Waals surface area contributed by atoms with Gasteiger partial charge in [0.25, 0.3) is 5.91 Å². The molecule has 0 bridgehead atoms. The van der Waals surface area contributed by atoms with Crippen LogP contribution >= 0.6 is 23.1 Å². The first-order valence-corrected chi connectivity index (χ1v) is 8.85. The van der Waals surface area contributed by atoms with E-state index in [1.165, 1.54) is 0 Å². The van der Waals surface area contributed by atoms with Crippen molar-refractivity contribution < 1.29 is 9.53 Å². The van der Waals surface area contributed by atoms with E-state index in [0.717, 1.165) is 16.0 Å². The molecule has 2 aromatic rings. The van der Waals surface area contributed by atoms with Gasteiger partial charge in [0.2, 0.25) is 0 Å². The van der Waals surface area contributed by atoms with Crippen LogP contribution in [-0.4, -0.2) is 37.3 Å². The number of carbonyl (C=O) groups is 1. The third-order valence-corrected chi connectivity index (χ3v) is 4.67. The Morgan fingerprint density at radius 2 is 2.14 bits per heavy atom. The van der Waals surface area contributed by atoms with Gasteiger partial charge in [0.05, 0.1) is 12.2 Å². The van der Waals surface area contributed by atoms with Crippen LogP contribution in [0, 0.1) is 0 Å². The molecule has 1 aromatic carbocycles. The number of carbonyl (C=O) groups excluding carboxylic acids is 1. The van der Waals surface area contributed by atoms with Crippen LogP contribution in [0.1, 0.15) is 15.9 Å². The van der Waals surface area contributed by atoms with Gasteiger partial charge in [0.1, 0.15) is 0 Å². The summed E-state index contributed by atoms with van der Waals surface area (Å²) in [4.78, 5) is 15.7. The lowest BCUT2D eigenvalue weighted by Crippen LogP contribution is -2.33. The monoisotopic (exact) mass is 321 g/mol. The lowest BCUT2D eigenvalue weighted by Gasteiger charge is -2.23. The van der Waals surface area contributed by atoms with Crippen molar-refractivity contribution in [1.82, 2.24) is 4.90 Å². The maximum atomic E-state index is 12.8. The fourth-order valence-electron chi connectivity index (χ4n) is 2.05. The fraction of sp³-hybridized carbons (Fsp3) is 0.312. The van der Waals surface area contributed by atoms with E-state index >= 15 is 0 Å². The molecule has 2 rings (SSSR count). The molecule has 0 aliphatic heterocycles. The average Bonchev–Trinajstić information content (AvgIpc) is 3.03. The third kappa shape index (κ3) is 4.33. The Morgan fingerprint density at radius 1 is 1.33 bits per heavy atom. The smallest absolute Gasteiger partial charge is 0.255 e. The van der Waals surface area contributed by atoms with Gasteiger partial charge in [-0.1, -0.05) is 12.1 Å². The Labute approximate surface area is 133 Å². The zero-order chi connectivity index (χ0) is 15.1. The van der Waals surface area contributed by atoms with E-state index < -0.39 is 0 Å². The Kier molecular flexibility index (Phi) is 6.29. The molecule has 0 unspecified atom stereocenters. The average molecular weight is 321 g/mol. The van der Waals surface area contributed by atoms with Crippen LogP contribution in [0.2, 0.25) is 0 Å². The van der Waals surface area contributed by atoms with Crippen molar-refractivity contribution >= 4 is 29.0 Å². The van der Waals surface area contributed by atoms with Crippen LogP contribution in [0.25, 0.3) is 0 Å². The van der Waals surface area contributed by atoms with Crippen molar-refractivity contribution in [2.75, 3.05) is 26.5 Å². The Morgan fingerprint density at radius 3 is 2.81 bits per heavy atom. The highest BCUT2D eigenvalue weighted by atomic mass is 32.2. The van der Waals surface area contributed by atoms with Crippen molar-refractivity contribution in [1.29, 1.82) is 0 Å². The minimum Gasteiger partial charge on any atom is -0.383 e. The zero-order valence-electron chi connectivity index (χ0n) is 12.2. The molecule has 112 valence electrons. The molecule has 1 amide bonds. The summed E-state index contributed by atoms with van der Waals surface area (Å²) in [5, 5.41) is 4.11. The maximum absolute atomic E-state index is 12.8. The highest BCUT2D eigenvalue weighted by Gasteiger charge is 2.18. The first-order chi connectivity index (χ1) is 10.3. The molecule has 21 heavy (non-hydrogen) atoms. The van der Waals surface area contributed by atoms with E-state index in [2.05, 4.69) is 11.4 Å². The van der Waals surface area contributed by atoms with Crippen LogP contribution < -0.4 is 0 Å². The van der Waals surface area contributed by atoms with Crippen LogP contribution in [0.3, 0.4) is 0 Å². The highest BCUT2D eigenvalue weighted by Crippen LogP contribution is 2.22. The molecule has 0 aliphatic rings. The maximum Gasteiger partial charge on any atom is 0.255 e. The van der Waals surface area contributed by atoms with Gasteiger partial charge in [0, 0.05) is 25.1 Å². The molecule has 3 nitrogen and oxygen atoms in total. The number of amides is 1. The lowest BCUT2D eigenvalue weighted by atomic mass is 10.2. The standard InChI is InChI=1S/C16H19NO2S2/c1-19-9-8-17(11-13-7-10-21-12-13)16(18)14-5-3-4-6-15(14)20-2/h3-7,10,12H,8-9,11H2,1-2H3. The van der Waals surface area contributed by atoms with Crippen molar-refractivity contribution in [3.05, 3.63) is 52.2 Å². The zero-order valence-corrected chi connectivity index (χ0v) is 13.9. The van der Waals surface area contributed by atoms with Crippen molar-refractivity contribution in [3.8, 4) is 0 Å². The molecule has 1 heterocycles. The summed E-state index contributed by atoms with van der Waals surface area (Å²) in [5.74, 6) is 0.0585. The summed E-state index contributed by atoms with van der Waals surface area (Å²) in [6, 6.07) is 9.80. The van der Waals surface area contributed by atoms with E-state index in [9.17, 15) is 4.79 Å². The Hall–Kier alpha value is -1.30. The van der Waals surface area contributed by atoms with Gasteiger partial charge in [0.15, 0.2) is 0 Å². The molecule has 5 heteroatoms. The second-order valence-corrected chi connectivity index (χ2v) is 6.18. The van der Waals surface area contributed by atoms with Gasteiger partial charge in [-0.15, -0.1) is 11.8 Å². The molecule has 1 aromatic heterocycles. The lowest BCUT2D eigenvalue weighted by molar-refractivity contribution is 0.0677. The Balaban J connectivity index is 2.20. The molecule has 0 saturated heterocycles. The van der Waals surface area contributed by atoms with E-state index in [1.807, 2.05) is 40.8 Å². The van der Waals surface area contributed by atoms with Gasteiger partial charge >= 0.3 is 0 Å². The van der Waals surface area contributed by atoms with E-state index in [0.29, 0.717) is 19.7 Å². The molecule has 0 saturated carbocycles. The molecule has 0 N–H and O–H groups in total. The number of benzene rings is 1. The first-order valence-electron chi connectivity index (χ1n) is 6.68. The number of thioether (sulfide) groups is 1. The van der Waals surface area contributed by atoms with Crippen LogP contribution in [0.4, 0.5) is 0 Å². The summed E-state index contributed by atoms with van der Waals surface area (Å²) >= 11 is 3.24. The molecule has 0 spiro atoms. The minimum atomic E-state index is 0.0585.